The van der Waals surface area contributed by atoms with Gasteiger partial charge in [-0.3, -0.25) is 0 Å². The van der Waals surface area contributed by atoms with Crippen molar-refractivity contribution in [3.63, 3.8) is 0 Å². The first-order valence-corrected chi connectivity index (χ1v) is 5.26. The number of benzene rings is 1. The van der Waals surface area contributed by atoms with E-state index in [0.29, 0.717) is 5.92 Å². The minimum absolute atomic E-state index is 0. The van der Waals surface area contributed by atoms with Crippen LogP contribution in [-0.4, -0.2) is 0 Å². The Morgan fingerprint density at radius 3 is 2.06 bits per heavy atom. The molecule has 17 heavy (non-hydrogen) atoms. The first-order chi connectivity index (χ1) is 6.59. The summed E-state index contributed by atoms with van der Waals surface area (Å²) < 4.78 is 0. The standard InChI is InChI=1S/C14H17.2CH3.Hf/c1-9(2)13-6-5-12-7-10(3)11(4)8-14(12)13;;;/h5-9H,1-4H3;2*1H3;/q3*-1;. The third kappa shape index (κ3) is 3.58. The Morgan fingerprint density at radius 1 is 1.00 bits per heavy atom. The largest absolute Gasteiger partial charge is 0.358 e. The van der Waals surface area contributed by atoms with Crippen LogP contribution in [0.1, 0.15) is 36.5 Å². The van der Waals surface area contributed by atoms with Crippen LogP contribution < -0.4 is 0 Å². The molecule has 0 unspecified atom stereocenters. The fourth-order valence-electron chi connectivity index (χ4n) is 2.00. The van der Waals surface area contributed by atoms with Gasteiger partial charge in [0.2, 0.25) is 0 Å². The molecule has 0 radical (unpaired) electrons. The second-order valence-electron chi connectivity index (χ2n) is 4.47. The molecule has 0 bridgehead atoms. The molecule has 0 aliphatic carbocycles. The van der Waals surface area contributed by atoms with Gasteiger partial charge in [-0.15, -0.1) is 34.5 Å². The first kappa shape index (κ1) is 19.0. The van der Waals surface area contributed by atoms with E-state index in [9.17, 15) is 0 Å². The number of fused-ring (bicyclic) bond motifs is 1. The third-order valence-electron chi connectivity index (χ3n) is 3.04. The molecule has 0 heterocycles. The SMILES string of the molecule is Cc1cc2cc[c-](C(C)C)c2cc1C.[CH3-].[CH3-].[Hf]. The van der Waals surface area contributed by atoms with Crippen molar-refractivity contribution in [2.24, 2.45) is 0 Å². The summed E-state index contributed by atoms with van der Waals surface area (Å²) in [6.07, 6.45) is 0. The maximum absolute atomic E-state index is 2.32. The van der Waals surface area contributed by atoms with Crippen LogP contribution in [0.25, 0.3) is 10.8 Å². The van der Waals surface area contributed by atoms with Gasteiger partial charge in [0.05, 0.1) is 0 Å². The summed E-state index contributed by atoms with van der Waals surface area (Å²) in [5.74, 6) is 0.620. The molecular formula is C16H23Hf-3. The van der Waals surface area contributed by atoms with E-state index in [1.807, 2.05) is 0 Å². The van der Waals surface area contributed by atoms with Gasteiger partial charge in [0.25, 0.3) is 0 Å². The Balaban J connectivity index is 0. The van der Waals surface area contributed by atoms with Crippen LogP contribution in [0.4, 0.5) is 0 Å². The van der Waals surface area contributed by atoms with Crippen molar-refractivity contribution in [3.8, 4) is 0 Å². The molecule has 2 aromatic carbocycles. The van der Waals surface area contributed by atoms with Crippen molar-refractivity contribution < 1.29 is 25.8 Å². The van der Waals surface area contributed by atoms with Crippen molar-refractivity contribution in [3.05, 3.63) is 55.8 Å². The molecule has 1 heteroatoms. The second-order valence-corrected chi connectivity index (χ2v) is 4.47. The number of rotatable bonds is 1. The van der Waals surface area contributed by atoms with Crippen LogP contribution in [0.2, 0.25) is 0 Å². The Hall–Kier alpha value is -0.300. The van der Waals surface area contributed by atoms with Crippen molar-refractivity contribution in [2.45, 2.75) is 33.6 Å². The van der Waals surface area contributed by atoms with Crippen LogP contribution in [0.15, 0.2) is 24.3 Å². The number of hydrogen-bond acceptors (Lipinski definition) is 0. The van der Waals surface area contributed by atoms with E-state index < -0.39 is 0 Å². The van der Waals surface area contributed by atoms with E-state index in [1.54, 1.807) is 0 Å². The predicted molar refractivity (Wildman–Crippen MR) is 75.9 cm³/mol. The van der Waals surface area contributed by atoms with Crippen LogP contribution in [-0.2, 0) is 25.8 Å². The zero-order chi connectivity index (χ0) is 10.3. The van der Waals surface area contributed by atoms with Crippen LogP contribution in [0.3, 0.4) is 0 Å². The monoisotopic (exact) mass is 395 g/mol. The maximum atomic E-state index is 2.32. The van der Waals surface area contributed by atoms with Gasteiger partial charge in [0.15, 0.2) is 0 Å². The molecule has 0 atom stereocenters. The molecule has 0 N–H and O–H groups in total. The minimum atomic E-state index is 0. The van der Waals surface area contributed by atoms with E-state index in [0.717, 1.165) is 0 Å². The molecule has 94 valence electrons. The van der Waals surface area contributed by atoms with Crippen molar-refractivity contribution >= 4 is 10.8 Å². The molecule has 0 nitrogen and oxygen atoms in total. The predicted octanol–water partition coefficient (Wildman–Crippen LogP) is 5.20. The Labute approximate surface area is 126 Å². The fourth-order valence-corrected chi connectivity index (χ4v) is 2.00. The summed E-state index contributed by atoms with van der Waals surface area (Å²) in [5.41, 5.74) is 4.26. The van der Waals surface area contributed by atoms with Gasteiger partial charge >= 0.3 is 0 Å². The second kappa shape index (κ2) is 7.20. The van der Waals surface area contributed by atoms with Gasteiger partial charge in [-0.2, -0.15) is 6.07 Å². The molecule has 0 spiro atoms. The molecule has 0 fully saturated rings. The normalized spacial score (nSPS) is 9.47. The van der Waals surface area contributed by atoms with E-state index in [4.69, 9.17) is 0 Å². The van der Waals surface area contributed by atoms with Crippen molar-refractivity contribution in [1.82, 2.24) is 0 Å². The zero-order valence-electron chi connectivity index (χ0n) is 11.9. The molecule has 0 saturated heterocycles. The summed E-state index contributed by atoms with van der Waals surface area (Å²) in [7, 11) is 0. The van der Waals surface area contributed by atoms with E-state index in [1.165, 1.54) is 27.5 Å². The molecule has 2 rings (SSSR count). The Kier molecular flexibility index (Phi) is 8.07. The van der Waals surface area contributed by atoms with Crippen LogP contribution in [0, 0.1) is 28.7 Å². The Morgan fingerprint density at radius 2 is 1.53 bits per heavy atom. The first-order valence-electron chi connectivity index (χ1n) is 5.26. The van der Waals surface area contributed by atoms with Crippen LogP contribution in [0.5, 0.6) is 0 Å². The topological polar surface area (TPSA) is 0 Å². The van der Waals surface area contributed by atoms with Crippen molar-refractivity contribution in [2.75, 3.05) is 0 Å². The van der Waals surface area contributed by atoms with Gasteiger partial charge < -0.3 is 14.9 Å². The van der Waals surface area contributed by atoms with Gasteiger partial charge in [0.1, 0.15) is 0 Å². The summed E-state index contributed by atoms with van der Waals surface area (Å²) >= 11 is 0. The average molecular weight is 394 g/mol. The number of aryl methyl sites for hydroxylation is 2. The van der Waals surface area contributed by atoms with E-state index in [-0.39, 0.29) is 40.7 Å². The van der Waals surface area contributed by atoms with Gasteiger partial charge in [-0.05, 0) is 13.8 Å². The van der Waals surface area contributed by atoms with Crippen molar-refractivity contribution in [1.29, 1.82) is 0 Å². The summed E-state index contributed by atoms with van der Waals surface area (Å²) in [4.78, 5) is 0. The third-order valence-corrected chi connectivity index (χ3v) is 3.04. The molecule has 0 aliphatic heterocycles. The summed E-state index contributed by atoms with van der Waals surface area (Å²) in [6, 6.07) is 9.10. The van der Waals surface area contributed by atoms with Gasteiger partial charge in [-0.25, -0.2) is 0 Å². The molecule has 0 saturated carbocycles. The van der Waals surface area contributed by atoms with Gasteiger partial charge in [0, 0.05) is 25.8 Å². The average Bonchev–Trinajstić information content (AvgIpc) is 2.48. The summed E-state index contributed by atoms with van der Waals surface area (Å²) in [5, 5.41) is 2.82. The number of hydrogen-bond donors (Lipinski definition) is 0. The fraction of sp³-hybridized carbons (Fsp3) is 0.312. The maximum Gasteiger partial charge on any atom is 0 e. The molecule has 0 amide bonds. The summed E-state index contributed by atoms with van der Waals surface area (Å²) in [6.45, 7) is 8.87. The smallest absolute Gasteiger partial charge is 0 e. The molecule has 2 aromatic rings. The van der Waals surface area contributed by atoms with Gasteiger partial charge in [-0.1, -0.05) is 30.9 Å². The molecular weight excluding hydrogens is 371 g/mol. The molecule has 0 aliphatic rings. The van der Waals surface area contributed by atoms with Crippen LogP contribution >= 0.6 is 0 Å². The molecule has 0 aromatic heterocycles. The van der Waals surface area contributed by atoms with E-state index in [2.05, 4.69) is 52.0 Å². The Bertz CT molecular complexity index is 464. The van der Waals surface area contributed by atoms with E-state index >= 15 is 0 Å². The minimum Gasteiger partial charge on any atom is -0.358 e. The zero-order valence-corrected chi connectivity index (χ0v) is 15.5. The quantitative estimate of drug-likeness (QED) is 0.461.